The van der Waals surface area contributed by atoms with Crippen LogP contribution in [0.25, 0.3) is 10.9 Å². The van der Waals surface area contributed by atoms with Gasteiger partial charge in [-0.2, -0.15) is 0 Å². The minimum Gasteiger partial charge on any atom is -0.352 e. The Morgan fingerprint density at radius 1 is 1.11 bits per heavy atom. The second-order valence-corrected chi connectivity index (χ2v) is 7.25. The molecule has 3 aromatic rings. The zero-order chi connectivity index (χ0) is 18.8. The van der Waals surface area contributed by atoms with E-state index in [4.69, 9.17) is 4.98 Å². The molecule has 5 nitrogen and oxygen atoms in total. The fourth-order valence-electron chi connectivity index (χ4n) is 3.66. The molecule has 1 aliphatic rings. The summed E-state index contributed by atoms with van der Waals surface area (Å²) >= 11 is 0. The highest BCUT2D eigenvalue weighted by molar-refractivity contribution is 6.04. The van der Waals surface area contributed by atoms with Crippen LogP contribution in [0.3, 0.4) is 0 Å². The van der Waals surface area contributed by atoms with E-state index in [1.165, 1.54) is 5.56 Å². The quantitative estimate of drug-likeness (QED) is 0.758. The van der Waals surface area contributed by atoms with Crippen molar-refractivity contribution < 1.29 is 4.79 Å². The van der Waals surface area contributed by atoms with Crippen LogP contribution in [0.15, 0.2) is 54.6 Å². The highest BCUT2D eigenvalue weighted by Crippen LogP contribution is 2.38. The van der Waals surface area contributed by atoms with Gasteiger partial charge in [-0.25, -0.2) is 4.98 Å². The van der Waals surface area contributed by atoms with Crippen LogP contribution in [-0.4, -0.2) is 43.0 Å². The third-order valence-electron chi connectivity index (χ3n) is 4.84. The number of nitrogens with zero attached hydrogens (tertiary/aromatic N) is 3. The van der Waals surface area contributed by atoms with E-state index >= 15 is 0 Å². The summed E-state index contributed by atoms with van der Waals surface area (Å²) in [4.78, 5) is 21.6. The predicted octanol–water partition coefficient (Wildman–Crippen LogP) is 3.30. The number of benzene rings is 2. The van der Waals surface area contributed by atoms with Crippen molar-refractivity contribution in [3.05, 3.63) is 65.7 Å². The standard InChI is InChI=1S/C22H24N4O/c1-25(2)15-20(27)24-21-17-10-6-7-11-19(17)23-22-18(21)12-13-26(22)14-16-8-4-3-5-9-16/h3-11H,12-15H2,1-2H3,(H,23,24,27). The Kier molecular flexibility index (Phi) is 4.77. The zero-order valence-corrected chi connectivity index (χ0v) is 15.8. The third kappa shape index (κ3) is 3.64. The Hall–Kier alpha value is -2.92. The summed E-state index contributed by atoms with van der Waals surface area (Å²) in [6, 6.07) is 18.5. The van der Waals surface area contributed by atoms with Crippen LogP contribution < -0.4 is 10.2 Å². The number of para-hydroxylation sites is 1. The van der Waals surface area contributed by atoms with Crippen molar-refractivity contribution >= 4 is 28.3 Å². The summed E-state index contributed by atoms with van der Waals surface area (Å²) in [5.74, 6) is 0.984. The van der Waals surface area contributed by atoms with Crippen molar-refractivity contribution in [3.63, 3.8) is 0 Å². The molecule has 2 aromatic carbocycles. The molecule has 0 aliphatic carbocycles. The highest BCUT2D eigenvalue weighted by atomic mass is 16.2. The average Bonchev–Trinajstić information content (AvgIpc) is 3.04. The number of nitrogens with one attached hydrogen (secondary N) is 1. The average molecular weight is 360 g/mol. The van der Waals surface area contributed by atoms with Gasteiger partial charge in [0, 0.05) is 24.0 Å². The molecule has 0 atom stereocenters. The lowest BCUT2D eigenvalue weighted by Gasteiger charge is -2.20. The summed E-state index contributed by atoms with van der Waals surface area (Å²) in [6.07, 6.45) is 0.886. The van der Waals surface area contributed by atoms with E-state index in [1.54, 1.807) is 0 Å². The summed E-state index contributed by atoms with van der Waals surface area (Å²) in [7, 11) is 3.80. The van der Waals surface area contributed by atoms with Crippen LogP contribution in [0.4, 0.5) is 11.5 Å². The third-order valence-corrected chi connectivity index (χ3v) is 4.84. The molecule has 1 aromatic heterocycles. The number of amides is 1. The van der Waals surface area contributed by atoms with E-state index in [1.807, 2.05) is 49.3 Å². The fraction of sp³-hybridized carbons (Fsp3) is 0.273. The molecule has 138 valence electrons. The Morgan fingerprint density at radius 2 is 1.85 bits per heavy atom. The molecule has 0 saturated carbocycles. The van der Waals surface area contributed by atoms with Gasteiger partial charge in [0.05, 0.1) is 17.7 Å². The van der Waals surface area contributed by atoms with E-state index in [-0.39, 0.29) is 5.91 Å². The van der Waals surface area contributed by atoms with Gasteiger partial charge in [-0.15, -0.1) is 0 Å². The number of aromatic nitrogens is 1. The van der Waals surface area contributed by atoms with Crippen LogP contribution >= 0.6 is 0 Å². The Balaban J connectivity index is 1.73. The van der Waals surface area contributed by atoms with Crippen molar-refractivity contribution in [2.75, 3.05) is 37.4 Å². The lowest BCUT2D eigenvalue weighted by molar-refractivity contribution is -0.116. The molecule has 4 rings (SSSR count). The first-order chi connectivity index (χ1) is 13.1. The minimum absolute atomic E-state index is 0.0000578. The minimum atomic E-state index is 0.0000578. The van der Waals surface area contributed by atoms with Crippen molar-refractivity contribution in [1.29, 1.82) is 0 Å². The predicted molar refractivity (Wildman–Crippen MR) is 110 cm³/mol. The van der Waals surface area contributed by atoms with E-state index < -0.39 is 0 Å². The molecule has 1 aliphatic heterocycles. The zero-order valence-electron chi connectivity index (χ0n) is 15.8. The van der Waals surface area contributed by atoms with Gasteiger partial charge >= 0.3 is 0 Å². The van der Waals surface area contributed by atoms with Crippen molar-refractivity contribution in [3.8, 4) is 0 Å². The first-order valence-electron chi connectivity index (χ1n) is 9.27. The van der Waals surface area contributed by atoms with Gasteiger partial charge in [0.25, 0.3) is 0 Å². The van der Waals surface area contributed by atoms with Crippen LogP contribution in [0.1, 0.15) is 11.1 Å². The monoisotopic (exact) mass is 360 g/mol. The van der Waals surface area contributed by atoms with E-state index in [2.05, 4.69) is 34.5 Å². The van der Waals surface area contributed by atoms with Crippen LogP contribution in [0.2, 0.25) is 0 Å². The van der Waals surface area contributed by atoms with Gasteiger partial charge in [-0.3, -0.25) is 4.79 Å². The molecule has 5 heteroatoms. The van der Waals surface area contributed by atoms with Crippen molar-refractivity contribution in [2.24, 2.45) is 0 Å². The number of anilines is 2. The number of pyridine rings is 1. The van der Waals surface area contributed by atoms with Crippen LogP contribution in [-0.2, 0) is 17.8 Å². The first kappa shape index (κ1) is 17.5. The number of fused-ring (bicyclic) bond motifs is 2. The molecular weight excluding hydrogens is 336 g/mol. The Morgan fingerprint density at radius 3 is 2.63 bits per heavy atom. The van der Waals surface area contributed by atoms with E-state index in [0.29, 0.717) is 6.54 Å². The molecular formula is C22H24N4O. The largest absolute Gasteiger partial charge is 0.352 e. The highest BCUT2D eigenvalue weighted by Gasteiger charge is 2.26. The van der Waals surface area contributed by atoms with Gasteiger partial charge in [0.1, 0.15) is 5.82 Å². The Labute approximate surface area is 159 Å². The SMILES string of the molecule is CN(C)CC(=O)Nc1c2c(nc3ccccc13)N(Cc1ccccc1)CC2. The number of hydrogen-bond donors (Lipinski definition) is 1. The molecule has 0 bridgehead atoms. The number of carbonyl (C=O) groups is 1. The van der Waals surface area contributed by atoms with Gasteiger partial charge in [-0.05, 0) is 32.1 Å². The second-order valence-electron chi connectivity index (χ2n) is 7.25. The molecule has 1 N–H and O–H groups in total. The van der Waals surface area contributed by atoms with Crippen molar-refractivity contribution in [2.45, 2.75) is 13.0 Å². The van der Waals surface area contributed by atoms with Gasteiger partial charge in [0.2, 0.25) is 5.91 Å². The van der Waals surface area contributed by atoms with Gasteiger partial charge in [0.15, 0.2) is 0 Å². The molecule has 27 heavy (non-hydrogen) atoms. The molecule has 0 saturated heterocycles. The van der Waals surface area contributed by atoms with E-state index in [0.717, 1.165) is 47.5 Å². The fourth-order valence-corrected chi connectivity index (χ4v) is 3.66. The first-order valence-corrected chi connectivity index (χ1v) is 9.27. The van der Waals surface area contributed by atoms with Gasteiger partial charge in [-0.1, -0.05) is 48.5 Å². The lowest BCUT2D eigenvalue weighted by Crippen LogP contribution is -2.27. The maximum atomic E-state index is 12.5. The Bertz CT molecular complexity index is 969. The van der Waals surface area contributed by atoms with Gasteiger partial charge < -0.3 is 15.1 Å². The molecule has 0 spiro atoms. The van der Waals surface area contributed by atoms with Crippen molar-refractivity contribution in [1.82, 2.24) is 9.88 Å². The molecule has 0 fully saturated rings. The van der Waals surface area contributed by atoms with Crippen LogP contribution in [0, 0.1) is 0 Å². The second kappa shape index (κ2) is 7.37. The smallest absolute Gasteiger partial charge is 0.238 e. The number of hydrogen-bond acceptors (Lipinski definition) is 4. The lowest BCUT2D eigenvalue weighted by atomic mass is 10.1. The molecule has 1 amide bonds. The summed E-state index contributed by atoms with van der Waals surface area (Å²) < 4.78 is 0. The normalized spacial score (nSPS) is 13.2. The number of likely N-dealkylation sites (N-methyl/N-ethyl adjacent to an activating group) is 1. The maximum Gasteiger partial charge on any atom is 0.238 e. The molecule has 0 radical (unpaired) electrons. The maximum absolute atomic E-state index is 12.5. The number of carbonyl (C=O) groups excluding carboxylic acids is 1. The van der Waals surface area contributed by atoms with Crippen LogP contribution in [0.5, 0.6) is 0 Å². The molecule has 2 heterocycles. The number of rotatable bonds is 5. The topological polar surface area (TPSA) is 48.5 Å². The summed E-state index contributed by atoms with van der Waals surface area (Å²) in [5.41, 5.74) is 4.23. The molecule has 0 unspecified atom stereocenters. The van der Waals surface area contributed by atoms with E-state index in [9.17, 15) is 4.79 Å². The summed E-state index contributed by atoms with van der Waals surface area (Å²) in [6.45, 7) is 2.09. The summed E-state index contributed by atoms with van der Waals surface area (Å²) in [5, 5.41) is 4.16.